The first-order valence-electron chi connectivity index (χ1n) is 7.78. The lowest BCUT2D eigenvalue weighted by molar-refractivity contribution is -0.118. The molecular weight excluding hydrogens is 343 g/mol. The second-order valence-electron chi connectivity index (χ2n) is 5.76. The summed E-state index contributed by atoms with van der Waals surface area (Å²) in [6.45, 7) is -0.0502. The van der Waals surface area contributed by atoms with E-state index in [-0.39, 0.29) is 19.0 Å². The third-order valence-corrected chi connectivity index (χ3v) is 5.11. The van der Waals surface area contributed by atoms with Crippen LogP contribution >= 0.6 is 0 Å². The Morgan fingerprint density at radius 1 is 1.04 bits per heavy atom. The zero-order chi connectivity index (χ0) is 18.4. The van der Waals surface area contributed by atoms with Crippen molar-refractivity contribution in [3.05, 3.63) is 66.0 Å². The molecule has 7 heteroatoms. The number of hydrogen-bond donors (Lipinski definition) is 0. The monoisotopic (exact) mass is 364 g/mol. The smallest absolute Gasteiger partial charge is 0.242 e. The highest BCUT2D eigenvalue weighted by atomic mass is 32.2. The molecule has 0 fully saturated rings. The van der Waals surface area contributed by atoms with Gasteiger partial charge in [-0.1, -0.05) is 30.3 Å². The first-order chi connectivity index (χ1) is 11.8. The average Bonchev–Trinajstić information content (AvgIpc) is 2.58. The predicted molar refractivity (Wildman–Crippen MR) is 96.4 cm³/mol. The second-order valence-corrected chi connectivity index (χ2v) is 7.74. The maximum atomic E-state index is 13.0. The maximum absolute atomic E-state index is 13.0. The minimum absolute atomic E-state index is 0.214. The van der Waals surface area contributed by atoms with Crippen molar-refractivity contribution in [3.8, 4) is 0 Å². The van der Waals surface area contributed by atoms with Gasteiger partial charge in [0.1, 0.15) is 5.82 Å². The van der Waals surface area contributed by atoms with Crippen LogP contribution in [0.25, 0.3) is 0 Å². The van der Waals surface area contributed by atoms with Crippen molar-refractivity contribution >= 4 is 21.6 Å². The number of likely N-dealkylation sites (N-methyl/N-ethyl adjacent to an activating group) is 1. The van der Waals surface area contributed by atoms with E-state index in [1.165, 1.54) is 36.2 Å². The van der Waals surface area contributed by atoms with Crippen LogP contribution in [0.3, 0.4) is 0 Å². The third kappa shape index (κ3) is 5.65. The summed E-state index contributed by atoms with van der Waals surface area (Å²) in [5.41, 5.74) is 1.50. The molecule has 0 aliphatic heterocycles. The molecule has 1 amide bonds. The number of sulfonamides is 1. The number of carbonyl (C=O) groups excluding carboxylic acids is 1. The zero-order valence-corrected chi connectivity index (χ0v) is 15.0. The summed E-state index contributed by atoms with van der Waals surface area (Å²) in [6.07, 6.45) is 1.60. The van der Waals surface area contributed by atoms with E-state index in [4.69, 9.17) is 0 Å². The summed E-state index contributed by atoms with van der Waals surface area (Å²) in [6, 6.07) is 14.9. The second kappa shape index (κ2) is 8.22. The molecule has 0 bridgehead atoms. The van der Waals surface area contributed by atoms with Crippen LogP contribution in [-0.4, -0.2) is 45.0 Å². The van der Waals surface area contributed by atoms with E-state index < -0.39 is 15.8 Å². The molecule has 5 nitrogen and oxygen atoms in total. The Bertz CT molecular complexity index is 808. The van der Waals surface area contributed by atoms with E-state index in [2.05, 4.69) is 0 Å². The van der Waals surface area contributed by atoms with Crippen molar-refractivity contribution < 1.29 is 17.6 Å². The van der Waals surface area contributed by atoms with Crippen LogP contribution in [0.4, 0.5) is 10.1 Å². The van der Waals surface area contributed by atoms with Gasteiger partial charge in [0.25, 0.3) is 0 Å². The molecular formula is C18H21FN2O3S. The van der Waals surface area contributed by atoms with Crippen molar-refractivity contribution in [1.29, 1.82) is 0 Å². The minimum Gasteiger partial charge on any atom is -0.314 e. The Hall–Kier alpha value is -2.25. The van der Waals surface area contributed by atoms with Crippen LogP contribution in [0.15, 0.2) is 54.6 Å². The van der Waals surface area contributed by atoms with Gasteiger partial charge in [-0.05, 0) is 36.2 Å². The van der Waals surface area contributed by atoms with E-state index in [1.807, 2.05) is 30.3 Å². The average molecular weight is 364 g/mol. The standard InChI is InChI=1S/C18H21FN2O3S/c1-20(17-10-8-16(19)9-11-17)18(22)14-21(25(2,23)24)13-12-15-6-4-3-5-7-15/h3-11H,12-14H2,1-2H3. The number of carbonyl (C=O) groups is 1. The van der Waals surface area contributed by atoms with E-state index >= 15 is 0 Å². The number of nitrogens with zero attached hydrogens (tertiary/aromatic N) is 2. The van der Waals surface area contributed by atoms with E-state index in [0.717, 1.165) is 16.1 Å². The topological polar surface area (TPSA) is 57.7 Å². The Balaban J connectivity index is 2.05. The van der Waals surface area contributed by atoms with Crippen molar-refractivity contribution in [2.75, 3.05) is 31.3 Å². The van der Waals surface area contributed by atoms with Gasteiger partial charge in [0, 0.05) is 19.3 Å². The molecule has 0 radical (unpaired) electrons. The Labute approximate surface area is 147 Å². The minimum atomic E-state index is -3.53. The number of halogens is 1. The summed E-state index contributed by atoms with van der Waals surface area (Å²) in [5.74, 6) is -0.782. The molecule has 25 heavy (non-hydrogen) atoms. The van der Waals surface area contributed by atoms with Crippen molar-refractivity contribution in [1.82, 2.24) is 4.31 Å². The first kappa shape index (κ1) is 19.1. The molecule has 0 aliphatic carbocycles. The Morgan fingerprint density at radius 3 is 2.20 bits per heavy atom. The van der Waals surface area contributed by atoms with Gasteiger partial charge in [-0.3, -0.25) is 4.79 Å². The molecule has 134 valence electrons. The molecule has 0 N–H and O–H groups in total. The van der Waals surface area contributed by atoms with Crippen LogP contribution < -0.4 is 4.90 Å². The molecule has 0 saturated carbocycles. The van der Waals surface area contributed by atoms with Gasteiger partial charge < -0.3 is 4.90 Å². The molecule has 2 aromatic carbocycles. The lowest BCUT2D eigenvalue weighted by Gasteiger charge is -2.23. The molecule has 0 heterocycles. The molecule has 0 aromatic heterocycles. The normalized spacial score (nSPS) is 11.5. The van der Waals surface area contributed by atoms with Gasteiger partial charge in [0.15, 0.2) is 0 Å². The maximum Gasteiger partial charge on any atom is 0.242 e. The highest BCUT2D eigenvalue weighted by Gasteiger charge is 2.22. The summed E-state index contributed by atoms with van der Waals surface area (Å²) in [7, 11) is -1.99. The fraction of sp³-hybridized carbons (Fsp3) is 0.278. The highest BCUT2D eigenvalue weighted by Crippen LogP contribution is 2.14. The molecule has 0 aliphatic rings. The van der Waals surface area contributed by atoms with Crippen LogP contribution in [0.1, 0.15) is 5.56 Å². The molecule has 0 unspecified atom stereocenters. The molecule has 2 aromatic rings. The van der Waals surface area contributed by atoms with Crippen LogP contribution in [0.2, 0.25) is 0 Å². The Morgan fingerprint density at radius 2 is 1.64 bits per heavy atom. The molecule has 0 saturated heterocycles. The summed E-state index contributed by atoms with van der Waals surface area (Å²) >= 11 is 0. The van der Waals surface area contributed by atoms with Gasteiger partial charge in [-0.15, -0.1) is 0 Å². The van der Waals surface area contributed by atoms with Crippen LogP contribution in [-0.2, 0) is 21.2 Å². The first-order valence-corrected chi connectivity index (χ1v) is 9.63. The van der Waals surface area contributed by atoms with E-state index in [0.29, 0.717) is 12.1 Å². The number of anilines is 1. The molecule has 2 rings (SSSR count). The number of rotatable bonds is 7. The van der Waals surface area contributed by atoms with Crippen molar-refractivity contribution in [3.63, 3.8) is 0 Å². The largest absolute Gasteiger partial charge is 0.314 e. The number of amides is 1. The fourth-order valence-corrected chi connectivity index (χ4v) is 3.09. The van der Waals surface area contributed by atoms with Gasteiger partial charge in [-0.2, -0.15) is 4.31 Å². The quantitative estimate of drug-likeness (QED) is 0.757. The van der Waals surface area contributed by atoms with E-state index in [1.54, 1.807) is 0 Å². The number of hydrogen-bond acceptors (Lipinski definition) is 3. The highest BCUT2D eigenvalue weighted by molar-refractivity contribution is 7.88. The fourth-order valence-electron chi connectivity index (χ4n) is 2.33. The summed E-state index contributed by atoms with van der Waals surface area (Å²) in [4.78, 5) is 13.7. The van der Waals surface area contributed by atoms with Gasteiger partial charge in [0.2, 0.25) is 15.9 Å². The van der Waals surface area contributed by atoms with Gasteiger partial charge in [-0.25, -0.2) is 12.8 Å². The predicted octanol–water partition coefficient (Wildman–Crippen LogP) is 2.29. The number of benzene rings is 2. The van der Waals surface area contributed by atoms with Crippen molar-refractivity contribution in [2.45, 2.75) is 6.42 Å². The zero-order valence-electron chi connectivity index (χ0n) is 14.2. The summed E-state index contributed by atoms with van der Waals surface area (Å²) < 4.78 is 38.1. The van der Waals surface area contributed by atoms with Crippen molar-refractivity contribution in [2.24, 2.45) is 0 Å². The van der Waals surface area contributed by atoms with Gasteiger partial charge >= 0.3 is 0 Å². The lowest BCUT2D eigenvalue weighted by atomic mass is 10.1. The third-order valence-electron chi connectivity index (χ3n) is 3.86. The summed E-state index contributed by atoms with van der Waals surface area (Å²) in [5, 5.41) is 0. The van der Waals surface area contributed by atoms with Gasteiger partial charge in [0.05, 0.1) is 12.8 Å². The molecule has 0 atom stereocenters. The molecule has 0 spiro atoms. The van der Waals surface area contributed by atoms with E-state index in [9.17, 15) is 17.6 Å². The Kier molecular flexibility index (Phi) is 6.27. The van der Waals surface area contributed by atoms with Crippen LogP contribution in [0.5, 0.6) is 0 Å². The SMILES string of the molecule is CN(C(=O)CN(CCc1ccccc1)S(C)(=O)=O)c1ccc(F)cc1. The van der Waals surface area contributed by atoms with Crippen LogP contribution in [0, 0.1) is 5.82 Å². The lowest BCUT2D eigenvalue weighted by Crippen LogP contribution is -2.42.